The first-order valence-corrected chi connectivity index (χ1v) is 9.47. The first kappa shape index (κ1) is 23.0. The molecule has 1 aliphatic rings. The third-order valence-corrected chi connectivity index (χ3v) is 4.66. The van der Waals surface area contributed by atoms with E-state index >= 15 is 0 Å². The van der Waals surface area contributed by atoms with E-state index < -0.39 is 0 Å². The van der Waals surface area contributed by atoms with Crippen molar-refractivity contribution in [3.05, 3.63) is 29.8 Å². The molecule has 1 aromatic carbocycles. The number of hydrogen-bond acceptors (Lipinski definition) is 3. The van der Waals surface area contributed by atoms with Crippen LogP contribution >= 0.6 is 24.0 Å². The van der Waals surface area contributed by atoms with E-state index in [2.05, 4.69) is 43.1 Å². The highest BCUT2D eigenvalue weighted by Crippen LogP contribution is 2.26. The van der Waals surface area contributed by atoms with Crippen LogP contribution in [0, 0.1) is 0 Å². The standard InChI is InChI=1S/C20H33N3O2.HI/c1-5-21-20(23-13-11-17(12-14-23)25-6-2)22-15-16(3)18-9-7-8-10-19(18)24-4;/h7-10,16-17H,5-6,11-15H2,1-4H3,(H,21,22);1H. The summed E-state index contributed by atoms with van der Waals surface area (Å²) in [5.74, 6) is 2.26. The number of guanidine groups is 1. The Balaban J connectivity index is 0.00000338. The number of piperidine rings is 1. The van der Waals surface area contributed by atoms with Crippen molar-refractivity contribution < 1.29 is 9.47 Å². The van der Waals surface area contributed by atoms with Crippen LogP contribution in [0.2, 0.25) is 0 Å². The molecule has 6 heteroatoms. The maximum Gasteiger partial charge on any atom is 0.193 e. The van der Waals surface area contributed by atoms with Gasteiger partial charge in [0.25, 0.3) is 0 Å². The first-order chi connectivity index (χ1) is 12.2. The minimum Gasteiger partial charge on any atom is -0.496 e. The second-order valence-corrected chi connectivity index (χ2v) is 6.48. The SMILES string of the molecule is CCNC(=NCC(C)c1ccccc1OC)N1CCC(OCC)CC1.I. The molecule has 148 valence electrons. The number of likely N-dealkylation sites (tertiary alicyclic amines) is 1. The van der Waals surface area contributed by atoms with E-state index in [9.17, 15) is 0 Å². The predicted molar refractivity (Wildman–Crippen MR) is 119 cm³/mol. The Morgan fingerprint density at radius 2 is 1.96 bits per heavy atom. The van der Waals surface area contributed by atoms with Crippen molar-refractivity contribution in [1.82, 2.24) is 10.2 Å². The molecule has 1 unspecified atom stereocenters. The van der Waals surface area contributed by atoms with Gasteiger partial charge in [-0.2, -0.15) is 0 Å². The van der Waals surface area contributed by atoms with Gasteiger partial charge >= 0.3 is 0 Å². The lowest BCUT2D eigenvalue weighted by Crippen LogP contribution is -2.47. The summed E-state index contributed by atoms with van der Waals surface area (Å²) in [5.41, 5.74) is 1.21. The van der Waals surface area contributed by atoms with Crippen molar-refractivity contribution in [3.63, 3.8) is 0 Å². The summed E-state index contributed by atoms with van der Waals surface area (Å²) in [6.45, 7) is 10.8. The molecular formula is C20H34IN3O2. The lowest BCUT2D eigenvalue weighted by Gasteiger charge is -2.34. The summed E-state index contributed by atoms with van der Waals surface area (Å²) in [6.07, 6.45) is 2.54. The van der Waals surface area contributed by atoms with Crippen molar-refractivity contribution >= 4 is 29.9 Å². The monoisotopic (exact) mass is 475 g/mol. The van der Waals surface area contributed by atoms with E-state index in [1.165, 1.54) is 5.56 Å². The number of ether oxygens (including phenoxy) is 2. The van der Waals surface area contributed by atoms with Crippen LogP contribution in [0.4, 0.5) is 0 Å². The summed E-state index contributed by atoms with van der Waals surface area (Å²) in [6, 6.07) is 8.20. The van der Waals surface area contributed by atoms with Gasteiger partial charge in [0.1, 0.15) is 5.75 Å². The minimum atomic E-state index is 0. The maximum absolute atomic E-state index is 5.75. The number of aliphatic imine (C=N–C) groups is 1. The molecule has 1 saturated heterocycles. The van der Waals surface area contributed by atoms with E-state index in [-0.39, 0.29) is 24.0 Å². The van der Waals surface area contributed by atoms with E-state index in [1.807, 2.05) is 12.1 Å². The quantitative estimate of drug-likeness (QED) is 0.370. The van der Waals surface area contributed by atoms with Crippen LogP contribution < -0.4 is 10.1 Å². The topological polar surface area (TPSA) is 46.1 Å². The number of hydrogen-bond donors (Lipinski definition) is 1. The molecule has 0 radical (unpaired) electrons. The molecule has 1 heterocycles. The van der Waals surface area contributed by atoms with Gasteiger partial charge in [-0.25, -0.2) is 0 Å². The van der Waals surface area contributed by atoms with Gasteiger partial charge in [0.2, 0.25) is 0 Å². The zero-order valence-electron chi connectivity index (χ0n) is 16.5. The fraction of sp³-hybridized carbons (Fsp3) is 0.650. The average molecular weight is 475 g/mol. The predicted octanol–water partition coefficient (Wildman–Crippen LogP) is 3.88. The van der Waals surface area contributed by atoms with Crippen LogP contribution in [0.15, 0.2) is 29.3 Å². The van der Waals surface area contributed by atoms with Gasteiger partial charge in [-0.1, -0.05) is 25.1 Å². The van der Waals surface area contributed by atoms with Gasteiger partial charge in [-0.3, -0.25) is 4.99 Å². The van der Waals surface area contributed by atoms with Gasteiger partial charge in [0.15, 0.2) is 5.96 Å². The van der Waals surface area contributed by atoms with E-state index in [0.29, 0.717) is 12.0 Å². The fourth-order valence-corrected chi connectivity index (χ4v) is 3.29. The molecule has 0 spiro atoms. The van der Waals surface area contributed by atoms with Crippen LogP contribution in [-0.4, -0.2) is 56.9 Å². The van der Waals surface area contributed by atoms with Gasteiger partial charge in [-0.15, -0.1) is 24.0 Å². The van der Waals surface area contributed by atoms with Crippen LogP contribution in [0.1, 0.15) is 45.1 Å². The number of nitrogens with zero attached hydrogens (tertiary/aromatic N) is 2. The van der Waals surface area contributed by atoms with Crippen molar-refractivity contribution in [2.45, 2.75) is 45.6 Å². The lowest BCUT2D eigenvalue weighted by atomic mass is 10.0. The van der Waals surface area contributed by atoms with Crippen molar-refractivity contribution in [3.8, 4) is 5.75 Å². The normalized spacial score (nSPS) is 16.8. The molecule has 26 heavy (non-hydrogen) atoms. The van der Waals surface area contributed by atoms with Gasteiger partial charge in [0.05, 0.1) is 13.2 Å². The first-order valence-electron chi connectivity index (χ1n) is 9.47. The van der Waals surface area contributed by atoms with E-state index in [1.54, 1.807) is 7.11 Å². The second kappa shape index (κ2) is 12.4. The second-order valence-electron chi connectivity index (χ2n) is 6.48. The highest BCUT2D eigenvalue weighted by Gasteiger charge is 2.21. The number of nitrogens with one attached hydrogen (secondary N) is 1. The molecule has 0 amide bonds. The Bertz CT molecular complexity index is 546. The number of rotatable bonds is 7. The molecule has 0 aliphatic carbocycles. The Labute approximate surface area is 175 Å². The zero-order valence-corrected chi connectivity index (χ0v) is 18.9. The third-order valence-electron chi connectivity index (χ3n) is 4.66. The van der Waals surface area contributed by atoms with E-state index in [4.69, 9.17) is 14.5 Å². The Morgan fingerprint density at radius 3 is 2.58 bits per heavy atom. The maximum atomic E-state index is 5.75. The molecule has 1 fully saturated rings. The molecule has 1 N–H and O–H groups in total. The Morgan fingerprint density at radius 1 is 1.27 bits per heavy atom. The zero-order chi connectivity index (χ0) is 18.1. The molecule has 0 bridgehead atoms. The fourth-order valence-electron chi connectivity index (χ4n) is 3.29. The van der Waals surface area contributed by atoms with Crippen molar-refractivity contribution in [1.29, 1.82) is 0 Å². The highest BCUT2D eigenvalue weighted by atomic mass is 127. The molecule has 0 aromatic heterocycles. The molecule has 1 aliphatic heterocycles. The molecule has 0 saturated carbocycles. The molecular weight excluding hydrogens is 441 g/mol. The summed E-state index contributed by atoms with van der Waals surface area (Å²) < 4.78 is 11.2. The Kier molecular flexibility index (Phi) is 11.0. The smallest absolute Gasteiger partial charge is 0.193 e. The molecule has 1 aromatic rings. The number of methoxy groups -OCH3 is 1. The van der Waals surface area contributed by atoms with Crippen LogP contribution in [0.25, 0.3) is 0 Å². The number of para-hydroxylation sites is 1. The van der Waals surface area contributed by atoms with Crippen molar-refractivity contribution in [2.75, 3.05) is 39.9 Å². The lowest BCUT2D eigenvalue weighted by molar-refractivity contribution is 0.0263. The van der Waals surface area contributed by atoms with Crippen LogP contribution in [0.3, 0.4) is 0 Å². The molecule has 2 rings (SSSR count). The largest absolute Gasteiger partial charge is 0.496 e. The average Bonchev–Trinajstić information content (AvgIpc) is 2.66. The van der Waals surface area contributed by atoms with Gasteiger partial charge < -0.3 is 19.7 Å². The number of halogens is 1. The van der Waals surface area contributed by atoms with Crippen LogP contribution in [0.5, 0.6) is 5.75 Å². The Hall–Kier alpha value is -1.02. The highest BCUT2D eigenvalue weighted by molar-refractivity contribution is 14.0. The summed E-state index contributed by atoms with van der Waals surface area (Å²) in [5, 5.41) is 3.44. The molecule has 1 atom stereocenters. The summed E-state index contributed by atoms with van der Waals surface area (Å²) >= 11 is 0. The summed E-state index contributed by atoms with van der Waals surface area (Å²) in [7, 11) is 1.72. The third kappa shape index (κ3) is 6.61. The van der Waals surface area contributed by atoms with E-state index in [0.717, 1.165) is 57.3 Å². The molecule has 5 nitrogen and oxygen atoms in total. The van der Waals surface area contributed by atoms with Gasteiger partial charge in [0, 0.05) is 38.7 Å². The minimum absolute atomic E-state index is 0. The van der Waals surface area contributed by atoms with Crippen LogP contribution in [-0.2, 0) is 4.74 Å². The number of benzene rings is 1. The summed E-state index contributed by atoms with van der Waals surface area (Å²) in [4.78, 5) is 7.25. The van der Waals surface area contributed by atoms with Crippen molar-refractivity contribution in [2.24, 2.45) is 4.99 Å². The van der Waals surface area contributed by atoms with Gasteiger partial charge in [-0.05, 0) is 38.3 Å².